The molecule has 1 fully saturated rings. The molecule has 49 heavy (non-hydrogen) atoms. The minimum Gasteiger partial charge on any atom is -0.497 e. The summed E-state index contributed by atoms with van der Waals surface area (Å²) in [5, 5.41) is 24.5. The van der Waals surface area contributed by atoms with E-state index in [0.29, 0.717) is 13.0 Å². The molecule has 3 aromatic carbocycles. The van der Waals surface area contributed by atoms with Crippen LogP contribution in [0.3, 0.4) is 0 Å². The Bertz CT molecular complexity index is 1820. The van der Waals surface area contributed by atoms with Crippen molar-refractivity contribution in [1.29, 1.82) is 0 Å². The summed E-state index contributed by atoms with van der Waals surface area (Å²) in [4.78, 5) is 25.9. The van der Waals surface area contributed by atoms with Crippen LogP contribution in [0.5, 0.6) is 5.75 Å². The molecule has 0 aliphatic carbocycles. The van der Waals surface area contributed by atoms with Gasteiger partial charge in [-0.3, -0.25) is 4.79 Å². The quantitative estimate of drug-likeness (QED) is 0.139. The van der Waals surface area contributed by atoms with Gasteiger partial charge in [-0.15, -0.1) is 10.2 Å². The van der Waals surface area contributed by atoms with Gasteiger partial charge in [0.25, 0.3) is 0 Å². The molecule has 0 spiro atoms. The largest absolute Gasteiger partial charge is 0.497 e. The third-order valence-corrected chi connectivity index (χ3v) is 8.43. The Balaban J connectivity index is 0.000000606. The van der Waals surface area contributed by atoms with E-state index in [1.165, 1.54) is 5.56 Å². The summed E-state index contributed by atoms with van der Waals surface area (Å²) in [6.45, 7) is 1.46. The number of amides is 1. The SMILES string of the molecule is COc1ccc(Cn2c(CCc3ccccc3)nnc2[C@@H](Cc2c[nH]c3ccccc23)NC(=O)[C@H]2CCCCN2)cc1.O=C(O)C(F)(F)F. The van der Waals surface area contributed by atoms with Gasteiger partial charge in [0.2, 0.25) is 5.91 Å². The van der Waals surface area contributed by atoms with Crippen LogP contribution in [0.4, 0.5) is 13.2 Å². The van der Waals surface area contributed by atoms with Crippen LogP contribution in [0.15, 0.2) is 85.1 Å². The standard InChI is InChI=1S/C34H38N6O2.C2HF3O2/c1-42-27-17-14-25(15-18-27)23-40-32(19-16-24-9-3-2-4-10-24)38-39-33(40)31(37-34(41)30-13-7-8-20-35-30)21-26-22-36-29-12-6-5-11-28(26)29;3-2(4,5)1(6)7/h2-6,9-12,14-15,17-18,22,30-31,35-36H,7-8,13,16,19-21,23H2,1H3,(H,37,41);(H,6,7)/t30-,31-;/m1./s1. The average Bonchev–Trinajstić information content (AvgIpc) is 3.71. The van der Waals surface area contributed by atoms with Crippen LogP contribution in [0.1, 0.15) is 53.6 Å². The number of hydrogen-bond acceptors (Lipinski definition) is 6. The number of halogens is 3. The molecule has 0 saturated carbocycles. The number of H-pyrrole nitrogens is 1. The first-order valence-corrected chi connectivity index (χ1v) is 16.1. The lowest BCUT2D eigenvalue weighted by Gasteiger charge is -2.26. The molecule has 13 heteroatoms. The minimum absolute atomic E-state index is 0.0179. The minimum atomic E-state index is -5.08. The van der Waals surface area contributed by atoms with E-state index in [4.69, 9.17) is 24.8 Å². The van der Waals surface area contributed by atoms with E-state index in [1.807, 2.05) is 36.5 Å². The van der Waals surface area contributed by atoms with Gasteiger partial charge in [0.15, 0.2) is 5.82 Å². The molecule has 10 nitrogen and oxygen atoms in total. The molecule has 0 bridgehead atoms. The van der Waals surface area contributed by atoms with Crippen LogP contribution in [0.2, 0.25) is 0 Å². The molecule has 1 saturated heterocycles. The fraction of sp³-hybridized carbons (Fsp3) is 0.333. The molecule has 3 heterocycles. The number of rotatable bonds is 11. The number of aliphatic carboxylic acids is 1. The normalized spacial score (nSPS) is 15.2. The van der Waals surface area contributed by atoms with E-state index >= 15 is 0 Å². The monoisotopic (exact) mass is 676 g/mol. The first-order chi connectivity index (χ1) is 23.6. The van der Waals surface area contributed by atoms with E-state index in [1.54, 1.807) is 7.11 Å². The van der Waals surface area contributed by atoms with Crippen LogP contribution in [-0.4, -0.2) is 62.6 Å². The molecule has 2 aromatic heterocycles. The molecular formula is C36H39F3N6O4. The lowest BCUT2D eigenvalue weighted by atomic mass is 10.0. The number of carboxylic acid groups (broad SMARTS) is 1. The molecule has 2 atom stereocenters. The summed E-state index contributed by atoms with van der Waals surface area (Å²) < 4.78 is 39.3. The molecule has 6 rings (SSSR count). The van der Waals surface area contributed by atoms with Gasteiger partial charge >= 0.3 is 12.1 Å². The highest BCUT2D eigenvalue weighted by molar-refractivity contribution is 5.84. The van der Waals surface area contributed by atoms with Gasteiger partial charge < -0.3 is 30.0 Å². The number of carboxylic acids is 1. The highest BCUT2D eigenvalue weighted by Crippen LogP contribution is 2.26. The smallest absolute Gasteiger partial charge is 0.490 e. The first kappa shape index (κ1) is 35.1. The Hall–Kier alpha value is -5.17. The van der Waals surface area contributed by atoms with Gasteiger partial charge in [-0.1, -0.05) is 67.1 Å². The maximum Gasteiger partial charge on any atom is 0.490 e. The summed E-state index contributed by atoms with van der Waals surface area (Å²) in [6.07, 6.45) is 2.15. The predicted octanol–water partition coefficient (Wildman–Crippen LogP) is 5.78. The Morgan fingerprint density at radius 1 is 0.980 bits per heavy atom. The van der Waals surface area contributed by atoms with Crippen molar-refractivity contribution in [2.75, 3.05) is 13.7 Å². The number of carbonyl (C=O) groups is 2. The van der Waals surface area contributed by atoms with Gasteiger partial charge in [0.05, 0.1) is 25.7 Å². The fourth-order valence-corrected chi connectivity index (χ4v) is 5.85. The fourth-order valence-electron chi connectivity index (χ4n) is 5.85. The van der Waals surface area contributed by atoms with Crippen LogP contribution >= 0.6 is 0 Å². The summed E-state index contributed by atoms with van der Waals surface area (Å²) in [6, 6.07) is 26.3. The van der Waals surface area contributed by atoms with Crippen molar-refractivity contribution in [3.05, 3.63) is 113 Å². The lowest BCUT2D eigenvalue weighted by molar-refractivity contribution is -0.192. The van der Waals surface area contributed by atoms with Gasteiger partial charge in [-0.2, -0.15) is 13.2 Å². The second-order valence-electron chi connectivity index (χ2n) is 11.8. The Labute approximate surface area is 281 Å². The van der Waals surface area contributed by atoms with Crippen molar-refractivity contribution in [3.8, 4) is 5.75 Å². The van der Waals surface area contributed by atoms with Crippen molar-refractivity contribution in [3.63, 3.8) is 0 Å². The number of nitrogens with one attached hydrogen (secondary N) is 3. The molecule has 4 N–H and O–H groups in total. The zero-order valence-electron chi connectivity index (χ0n) is 27.0. The number of aromatic nitrogens is 4. The number of piperidine rings is 1. The molecule has 5 aromatic rings. The maximum absolute atomic E-state index is 13.6. The average molecular weight is 677 g/mol. The number of aromatic amines is 1. The van der Waals surface area contributed by atoms with Crippen molar-refractivity contribution >= 4 is 22.8 Å². The van der Waals surface area contributed by atoms with Gasteiger partial charge in [0.1, 0.15) is 11.6 Å². The number of aryl methyl sites for hydroxylation is 2. The second kappa shape index (κ2) is 16.3. The number of alkyl halides is 3. The Kier molecular flexibility index (Phi) is 11.7. The van der Waals surface area contributed by atoms with Crippen molar-refractivity contribution < 1.29 is 32.6 Å². The summed E-state index contributed by atoms with van der Waals surface area (Å²) >= 11 is 0. The summed E-state index contributed by atoms with van der Waals surface area (Å²) in [7, 11) is 1.67. The van der Waals surface area contributed by atoms with Crippen LogP contribution < -0.4 is 15.4 Å². The number of carbonyl (C=O) groups excluding carboxylic acids is 1. The molecule has 0 unspecified atom stereocenters. The molecule has 1 aliphatic heterocycles. The Morgan fingerprint density at radius 2 is 1.69 bits per heavy atom. The topological polar surface area (TPSA) is 134 Å². The van der Waals surface area contributed by atoms with Crippen LogP contribution in [0, 0.1) is 0 Å². The van der Waals surface area contributed by atoms with E-state index in [-0.39, 0.29) is 18.0 Å². The van der Waals surface area contributed by atoms with Gasteiger partial charge in [0, 0.05) is 29.9 Å². The van der Waals surface area contributed by atoms with Crippen molar-refractivity contribution in [2.24, 2.45) is 0 Å². The number of ether oxygens (including phenoxy) is 1. The highest BCUT2D eigenvalue weighted by atomic mass is 19.4. The zero-order chi connectivity index (χ0) is 34.8. The van der Waals surface area contributed by atoms with E-state index < -0.39 is 12.1 Å². The van der Waals surface area contributed by atoms with Gasteiger partial charge in [-0.05, 0) is 60.7 Å². The molecule has 0 radical (unpaired) electrons. The lowest BCUT2D eigenvalue weighted by Crippen LogP contribution is -2.48. The zero-order valence-corrected chi connectivity index (χ0v) is 27.0. The van der Waals surface area contributed by atoms with E-state index in [2.05, 4.69) is 68.7 Å². The number of fused-ring (bicyclic) bond motifs is 1. The first-order valence-electron chi connectivity index (χ1n) is 16.1. The molecule has 1 amide bonds. The van der Waals surface area contributed by atoms with Crippen molar-refractivity contribution in [1.82, 2.24) is 30.4 Å². The van der Waals surface area contributed by atoms with Crippen LogP contribution in [0.25, 0.3) is 10.9 Å². The van der Waals surface area contributed by atoms with E-state index in [0.717, 1.165) is 78.1 Å². The number of benzene rings is 3. The number of hydrogen-bond donors (Lipinski definition) is 4. The van der Waals surface area contributed by atoms with Crippen molar-refractivity contribution in [2.45, 2.75) is 63.3 Å². The third kappa shape index (κ3) is 9.47. The van der Waals surface area contributed by atoms with Crippen LogP contribution in [-0.2, 0) is 35.4 Å². The third-order valence-electron chi connectivity index (χ3n) is 8.43. The maximum atomic E-state index is 13.6. The predicted molar refractivity (Wildman–Crippen MR) is 178 cm³/mol. The highest BCUT2D eigenvalue weighted by Gasteiger charge is 2.38. The van der Waals surface area contributed by atoms with E-state index in [9.17, 15) is 18.0 Å². The second-order valence-corrected chi connectivity index (χ2v) is 11.8. The molecule has 1 aliphatic rings. The summed E-state index contributed by atoms with van der Waals surface area (Å²) in [5.41, 5.74) is 4.58. The molecule has 258 valence electrons. The Morgan fingerprint density at radius 3 is 2.37 bits per heavy atom. The van der Waals surface area contributed by atoms with Gasteiger partial charge in [-0.25, -0.2) is 4.79 Å². The number of para-hydroxylation sites is 1. The summed E-state index contributed by atoms with van der Waals surface area (Å²) in [5.74, 6) is -0.254. The number of nitrogens with zero attached hydrogens (tertiary/aromatic N) is 3. The molecular weight excluding hydrogens is 637 g/mol. The number of methoxy groups -OCH3 is 1.